The molecule has 2 aromatic rings. The van der Waals surface area contributed by atoms with E-state index in [-0.39, 0.29) is 5.91 Å². The number of benzene rings is 2. The molecule has 0 radical (unpaired) electrons. The van der Waals surface area contributed by atoms with Gasteiger partial charge in [0.15, 0.2) is 0 Å². The SMILES string of the molecule is O=C1[C@@H](Oc2ccccc2)[C@]2(c3ccccc3)OCCCN12. The van der Waals surface area contributed by atoms with Crippen LogP contribution in [0.3, 0.4) is 0 Å². The van der Waals surface area contributed by atoms with Crippen molar-refractivity contribution in [3.63, 3.8) is 0 Å². The van der Waals surface area contributed by atoms with Gasteiger partial charge in [-0.15, -0.1) is 0 Å². The van der Waals surface area contributed by atoms with Crippen molar-refractivity contribution in [3.05, 3.63) is 66.2 Å². The number of hydrogen-bond donors (Lipinski definition) is 0. The lowest BCUT2D eigenvalue weighted by Crippen LogP contribution is -2.76. The van der Waals surface area contributed by atoms with Gasteiger partial charge in [-0.25, -0.2) is 0 Å². The number of carbonyl (C=O) groups excluding carboxylic acids is 1. The zero-order chi connectivity index (χ0) is 15.0. The Morgan fingerprint density at radius 1 is 1.05 bits per heavy atom. The van der Waals surface area contributed by atoms with E-state index in [1.54, 1.807) is 4.90 Å². The summed E-state index contributed by atoms with van der Waals surface area (Å²) < 4.78 is 12.1. The van der Waals surface area contributed by atoms with Gasteiger partial charge in [0.2, 0.25) is 11.8 Å². The first-order chi connectivity index (χ1) is 10.8. The Morgan fingerprint density at radius 2 is 1.73 bits per heavy atom. The number of carbonyl (C=O) groups is 1. The number of para-hydroxylation sites is 1. The topological polar surface area (TPSA) is 38.8 Å². The van der Waals surface area contributed by atoms with Crippen LogP contribution in [0.2, 0.25) is 0 Å². The molecule has 4 nitrogen and oxygen atoms in total. The van der Waals surface area contributed by atoms with Crippen LogP contribution in [0.25, 0.3) is 0 Å². The standard InChI is InChI=1S/C18H17NO3/c20-17-16(22-15-10-5-2-6-11-15)18(14-8-3-1-4-9-14)19(17)12-7-13-21-18/h1-6,8-11,16H,7,12-13H2/t16-,18+/m1/s1. The summed E-state index contributed by atoms with van der Waals surface area (Å²) in [6.45, 7) is 1.34. The molecule has 0 saturated carbocycles. The molecule has 2 saturated heterocycles. The van der Waals surface area contributed by atoms with Crippen LogP contribution < -0.4 is 4.74 Å². The minimum absolute atomic E-state index is 0.00703. The molecule has 0 aromatic heterocycles. The first-order valence-electron chi connectivity index (χ1n) is 7.55. The van der Waals surface area contributed by atoms with Gasteiger partial charge < -0.3 is 14.4 Å². The summed E-state index contributed by atoms with van der Waals surface area (Å²) in [4.78, 5) is 14.3. The van der Waals surface area contributed by atoms with Gasteiger partial charge in [-0.05, 0) is 18.6 Å². The molecule has 0 aliphatic carbocycles. The smallest absolute Gasteiger partial charge is 0.271 e. The van der Waals surface area contributed by atoms with Gasteiger partial charge in [-0.3, -0.25) is 4.79 Å². The minimum Gasteiger partial charge on any atom is -0.475 e. The predicted octanol–water partition coefficient (Wildman–Crippen LogP) is 2.55. The molecule has 4 rings (SSSR count). The Hall–Kier alpha value is -2.33. The van der Waals surface area contributed by atoms with E-state index in [0.717, 1.165) is 12.0 Å². The second-order valence-corrected chi connectivity index (χ2v) is 5.57. The van der Waals surface area contributed by atoms with Gasteiger partial charge in [0, 0.05) is 12.1 Å². The third kappa shape index (κ3) is 1.84. The quantitative estimate of drug-likeness (QED) is 0.817. The largest absolute Gasteiger partial charge is 0.475 e. The number of ether oxygens (including phenoxy) is 2. The van der Waals surface area contributed by atoms with Crippen LogP contribution in [0.4, 0.5) is 0 Å². The second kappa shape index (κ2) is 5.14. The summed E-state index contributed by atoms with van der Waals surface area (Å²) in [5, 5.41) is 0. The van der Waals surface area contributed by atoms with Crippen molar-refractivity contribution >= 4 is 5.91 Å². The van der Waals surface area contributed by atoms with E-state index >= 15 is 0 Å². The van der Waals surface area contributed by atoms with Gasteiger partial charge in [-0.1, -0.05) is 48.5 Å². The van der Waals surface area contributed by atoms with E-state index in [2.05, 4.69) is 0 Å². The molecule has 112 valence electrons. The summed E-state index contributed by atoms with van der Waals surface area (Å²) in [7, 11) is 0. The molecule has 0 unspecified atom stereocenters. The van der Waals surface area contributed by atoms with Crippen LogP contribution in [0.15, 0.2) is 60.7 Å². The third-order valence-corrected chi connectivity index (χ3v) is 4.28. The van der Waals surface area contributed by atoms with Crippen molar-refractivity contribution in [2.75, 3.05) is 13.2 Å². The Balaban J connectivity index is 1.72. The summed E-state index contributed by atoms with van der Waals surface area (Å²) in [5.74, 6) is 0.678. The third-order valence-electron chi connectivity index (χ3n) is 4.28. The summed E-state index contributed by atoms with van der Waals surface area (Å²) in [6, 6.07) is 19.3. The van der Waals surface area contributed by atoms with E-state index in [1.807, 2.05) is 60.7 Å². The zero-order valence-electron chi connectivity index (χ0n) is 12.1. The van der Waals surface area contributed by atoms with E-state index in [1.165, 1.54) is 0 Å². The molecule has 22 heavy (non-hydrogen) atoms. The van der Waals surface area contributed by atoms with Crippen molar-refractivity contribution < 1.29 is 14.3 Å². The van der Waals surface area contributed by atoms with Crippen LogP contribution in [0.5, 0.6) is 5.75 Å². The van der Waals surface area contributed by atoms with E-state index in [9.17, 15) is 4.79 Å². The maximum absolute atomic E-state index is 12.5. The van der Waals surface area contributed by atoms with Gasteiger partial charge >= 0.3 is 0 Å². The maximum Gasteiger partial charge on any atom is 0.271 e. The highest BCUT2D eigenvalue weighted by atomic mass is 16.6. The lowest BCUT2D eigenvalue weighted by Gasteiger charge is -2.58. The summed E-state index contributed by atoms with van der Waals surface area (Å²) in [5.41, 5.74) is 0.183. The Kier molecular flexibility index (Phi) is 3.12. The number of rotatable bonds is 3. The first-order valence-corrected chi connectivity index (χ1v) is 7.55. The van der Waals surface area contributed by atoms with Crippen molar-refractivity contribution in [1.29, 1.82) is 0 Å². The van der Waals surface area contributed by atoms with Gasteiger partial charge in [0.05, 0.1) is 6.61 Å². The first kappa shape index (κ1) is 13.3. The molecule has 2 fully saturated rings. The lowest BCUT2D eigenvalue weighted by molar-refractivity contribution is -0.281. The molecule has 1 amide bonds. The van der Waals surface area contributed by atoms with Crippen LogP contribution >= 0.6 is 0 Å². The lowest BCUT2D eigenvalue weighted by atomic mass is 9.84. The van der Waals surface area contributed by atoms with Crippen molar-refractivity contribution in [2.45, 2.75) is 18.2 Å². The van der Waals surface area contributed by atoms with Crippen LogP contribution in [0.1, 0.15) is 12.0 Å². The molecule has 0 spiro atoms. The maximum atomic E-state index is 12.5. The van der Waals surface area contributed by atoms with Crippen molar-refractivity contribution in [2.24, 2.45) is 0 Å². The van der Waals surface area contributed by atoms with Gasteiger partial charge in [0.25, 0.3) is 5.91 Å². The fourth-order valence-electron chi connectivity index (χ4n) is 3.26. The Morgan fingerprint density at radius 3 is 2.45 bits per heavy atom. The fraction of sp³-hybridized carbons (Fsp3) is 0.278. The van der Waals surface area contributed by atoms with Gasteiger partial charge in [0.1, 0.15) is 5.75 Å². The zero-order valence-corrected chi connectivity index (χ0v) is 12.1. The van der Waals surface area contributed by atoms with E-state index in [0.29, 0.717) is 18.9 Å². The molecule has 2 heterocycles. The van der Waals surface area contributed by atoms with Gasteiger partial charge in [-0.2, -0.15) is 0 Å². The molecule has 2 atom stereocenters. The predicted molar refractivity (Wildman–Crippen MR) is 81.3 cm³/mol. The molecule has 4 heteroatoms. The average Bonchev–Trinajstić information content (AvgIpc) is 2.60. The van der Waals surface area contributed by atoms with E-state index < -0.39 is 11.8 Å². The highest BCUT2D eigenvalue weighted by Crippen LogP contribution is 2.46. The molecule has 2 aliphatic heterocycles. The molecule has 0 N–H and O–H groups in total. The molecule has 2 aromatic carbocycles. The molecule has 0 bridgehead atoms. The minimum atomic E-state index is -0.785. The Labute approximate surface area is 129 Å². The summed E-state index contributed by atoms with van der Waals surface area (Å²) in [6.07, 6.45) is 0.232. The molecular weight excluding hydrogens is 278 g/mol. The van der Waals surface area contributed by atoms with Crippen molar-refractivity contribution in [1.82, 2.24) is 4.90 Å². The average molecular weight is 295 g/mol. The van der Waals surface area contributed by atoms with Crippen molar-refractivity contribution in [3.8, 4) is 5.75 Å². The number of β-lactam (4-membered cyclic amide) rings is 1. The van der Waals surface area contributed by atoms with Crippen LogP contribution in [0, 0.1) is 0 Å². The number of amides is 1. The monoisotopic (exact) mass is 295 g/mol. The number of fused-ring (bicyclic) bond motifs is 1. The molecule has 2 aliphatic rings. The number of nitrogens with zero attached hydrogens (tertiary/aromatic N) is 1. The summed E-state index contributed by atoms with van der Waals surface area (Å²) >= 11 is 0. The molecular formula is C18H17NO3. The fourth-order valence-corrected chi connectivity index (χ4v) is 3.26. The van der Waals surface area contributed by atoms with Crippen LogP contribution in [-0.4, -0.2) is 30.1 Å². The highest BCUT2D eigenvalue weighted by molar-refractivity contribution is 5.90. The van der Waals surface area contributed by atoms with Crippen LogP contribution in [-0.2, 0) is 15.3 Å². The highest BCUT2D eigenvalue weighted by Gasteiger charge is 2.65. The second-order valence-electron chi connectivity index (χ2n) is 5.57. The normalized spacial score (nSPS) is 27.0. The number of hydrogen-bond acceptors (Lipinski definition) is 3. The van der Waals surface area contributed by atoms with E-state index in [4.69, 9.17) is 9.47 Å². The Bertz CT molecular complexity index is 673.